The summed E-state index contributed by atoms with van der Waals surface area (Å²) in [6.45, 7) is 0. The summed E-state index contributed by atoms with van der Waals surface area (Å²) in [6, 6.07) is 78.2. The number of hydrogen-bond donors (Lipinski definition) is 0. The molecule has 1 saturated carbocycles. The third-order valence-electron chi connectivity index (χ3n) is 12.8. The van der Waals surface area contributed by atoms with E-state index in [1.165, 1.54) is 104 Å². The van der Waals surface area contributed by atoms with Gasteiger partial charge in [-0.15, -0.1) is 0 Å². The van der Waals surface area contributed by atoms with Crippen LogP contribution in [0, 0.1) is 0 Å². The summed E-state index contributed by atoms with van der Waals surface area (Å²) in [5, 5.41) is 5.21. The summed E-state index contributed by atoms with van der Waals surface area (Å²) in [5.41, 5.74) is 15.7. The van der Waals surface area contributed by atoms with Crippen LogP contribution in [0.1, 0.15) is 43.6 Å². The van der Waals surface area contributed by atoms with Crippen LogP contribution in [0.25, 0.3) is 71.6 Å². The molecule has 1 aliphatic rings. The van der Waals surface area contributed by atoms with Crippen LogP contribution >= 0.6 is 0 Å². The second-order valence-electron chi connectivity index (χ2n) is 16.3. The summed E-state index contributed by atoms with van der Waals surface area (Å²) < 4.78 is 2.44. The maximum absolute atomic E-state index is 2.51. The summed E-state index contributed by atoms with van der Waals surface area (Å²) in [6.07, 6.45) is 6.47. The van der Waals surface area contributed by atoms with Crippen molar-refractivity contribution in [3.05, 3.63) is 218 Å². The fourth-order valence-corrected chi connectivity index (χ4v) is 10.1. The molecule has 0 saturated heterocycles. The number of rotatable bonds is 8. The molecular weight excluding hydrogens is 725 g/mol. The molecule has 0 amide bonds. The molecule has 0 spiro atoms. The van der Waals surface area contributed by atoms with E-state index in [2.05, 4.69) is 222 Å². The molecule has 0 radical (unpaired) electrons. The lowest BCUT2D eigenvalue weighted by atomic mass is 9.80. The largest absolute Gasteiger partial charge is 0.309 e. The number of anilines is 3. The van der Waals surface area contributed by atoms with Gasteiger partial charge in [0.1, 0.15) is 0 Å². The average Bonchev–Trinajstić information content (AvgIpc) is 3.67. The Morgan fingerprint density at radius 3 is 1.82 bits per heavy atom. The van der Waals surface area contributed by atoms with Crippen molar-refractivity contribution in [2.75, 3.05) is 4.90 Å². The minimum atomic E-state index is 0.580. The van der Waals surface area contributed by atoms with Crippen LogP contribution in [0.5, 0.6) is 0 Å². The molecule has 10 aromatic rings. The molecule has 288 valence electrons. The zero-order chi connectivity index (χ0) is 39.8. The molecule has 1 heterocycles. The SMILES string of the molecule is c1ccc(-c2ccccc2N(c2cccc(-c3cccc4c5ccccc5n(-c5ccccc5)c34)c2)c2ccccc2-c2cccc3cccc(C4CCCCC4)c23)cc1. The fraction of sp³-hybridized carbons (Fsp3) is 0.103. The van der Waals surface area contributed by atoms with Crippen molar-refractivity contribution in [3.8, 4) is 39.1 Å². The van der Waals surface area contributed by atoms with Crippen LogP contribution in [-0.2, 0) is 0 Å². The molecule has 1 fully saturated rings. The number of para-hydroxylation sites is 5. The van der Waals surface area contributed by atoms with E-state index in [1.807, 2.05) is 0 Å². The highest BCUT2D eigenvalue weighted by Gasteiger charge is 2.25. The van der Waals surface area contributed by atoms with Crippen molar-refractivity contribution >= 4 is 49.6 Å². The standard InChI is InChI=1S/C58H46N2/c1-4-20-41(21-5-1)47-30-10-13-37-54(47)59(55-38-14-11-31-50(55)52-35-18-25-43-24-17-33-48(57(43)52)42-22-6-2-7-23-42)46-29-16-26-44(40-46)49-34-19-36-53-51-32-12-15-39-56(51)60(58(49)53)45-27-8-3-9-28-45/h1,3-5,8-21,24-40,42H,2,6-7,22-23H2. The number of fused-ring (bicyclic) bond motifs is 4. The smallest absolute Gasteiger partial charge is 0.0619 e. The van der Waals surface area contributed by atoms with E-state index in [-0.39, 0.29) is 0 Å². The first-order chi connectivity index (χ1) is 29.8. The van der Waals surface area contributed by atoms with Gasteiger partial charge in [0, 0.05) is 38.8 Å². The van der Waals surface area contributed by atoms with E-state index in [0.717, 1.165) is 22.7 Å². The van der Waals surface area contributed by atoms with Crippen LogP contribution in [0.3, 0.4) is 0 Å². The van der Waals surface area contributed by atoms with Gasteiger partial charge in [0.25, 0.3) is 0 Å². The normalized spacial score (nSPS) is 13.3. The average molecular weight is 771 g/mol. The van der Waals surface area contributed by atoms with Crippen molar-refractivity contribution in [2.24, 2.45) is 0 Å². The van der Waals surface area contributed by atoms with Gasteiger partial charge in [0.05, 0.1) is 22.4 Å². The Labute approximate surface area is 352 Å². The second-order valence-corrected chi connectivity index (χ2v) is 16.3. The third-order valence-corrected chi connectivity index (χ3v) is 12.8. The van der Waals surface area contributed by atoms with E-state index >= 15 is 0 Å². The summed E-state index contributed by atoms with van der Waals surface area (Å²) >= 11 is 0. The molecular formula is C58H46N2. The number of benzene rings is 9. The van der Waals surface area contributed by atoms with Gasteiger partial charge in [0.15, 0.2) is 0 Å². The molecule has 2 heteroatoms. The Morgan fingerprint density at radius 1 is 0.417 bits per heavy atom. The minimum Gasteiger partial charge on any atom is -0.309 e. The van der Waals surface area contributed by atoms with E-state index in [1.54, 1.807) is 0 Å². The van der Waals surface area contributed by atoms with E-state index < -0.39 is 0 Å². The topological polar surface area (TPSA) is 8.17 Å². The minimum absolute atomic E-state index is 0.580. The van der Waals surface area contributed by atoms with Gasteiger partial charge in [-0.2, -0.15) is 0 Å². The molecule has 2 nitrogen and oxygen atoms in total. The molecule has 60 heavy (non-hydrogen) atoms. The number of nitrogens with zero attached hydrogens (tertiary/aromatic N) is 2. The van der Waals surface area contributed by atoms with Crippen molar-refractivity contribution in [1.29, 1.82) is 0 Å². The maximum atomic E-state index is 2.51. The van der Waals surface area contributed by atoms with Crippen LogP contribution < -0.4 is 4.90 Å². The summed E-state index contributed by atoms with van der Waals surface area (Å²) in [4.78, 5) is 2.51. The Bertz CT molecular complexity index is 3130. The summed E-state index contributed by atoms with van der Waals surface area (Å²) in [5.74, 6) is 0.580. The van der Waals surface area contributed by atoms with Crippen LogP contribution in [-0.4, -0.2) is 4.57 Å². The van der Waals surface area contributed by atoms with Crippen LogP contribution in [0.2, 0.25) is 0 Å². The second kappa shape index (κ2) is 15.5. The first-order valence-electron chi connectivity index (χ1n) is 21.6. The maximum Gasteiger partial charge on any atom is 0.0619 e. The van der Waals surface area contributed by atoms with Gasteiger partial charge in [-0.1, -0.05) is 189 Å². The van der Waals surface area contributed by atoms with Crippen molar-refractivity contribution in [1.82, 2.24) is 4.57 Å². The molecule has 0 atom stereocenters. The highest BCUT2D eigenvalue weighted by atomic mass is 15.1. The Morgan fingerprint density at radius 2 is 1.00 bits per heavy atom. The highest BCUT2D eigenvalue weighted by molar-refractivity contribution is 6.14. The van der Waals surface area contributed by atoms with Crippen molar-refractivity contribution in [3.63, 3.8) is 0 Å². The predicted molar refractivity (Wildman–Crippen MR) is 255 cm³/mol. The zero-order valence-corrected chi connectivity index (χ0v) is 33.7. The third kappa shape index (κ3) is 6.28. The fourth-order valence-electron chi connectivity index (χ4n) is 10.1. The predicted octanol–water partition coefficient (Wildman–Crippen LogP) is 16.5. The molecule has 0 N–H and O–H groups in total. The van der Waals surface area contributed by atoms with E-state index in [0.29, 0.717) is 5.92 Å². The van der Waals surface area contributed by atoms with Crippen LogP contribution in [0.15, 0.2) is 212 Å². The van der Waals surface area contributed by atoms with Gasteiger partial charge in [-0.3, -0.25) is 0 Å². The lowest BCUT2D eigenvalue weighted by Crippen LogP contribution is -2.13. The van der Waals surface area contributed by atoms with Crippen molar-refractivity contribution in [2.45, 2.75) is 38.0 Å². The molecule has 1 aromatic heterocycles. The monoisotopic (exact) mass is 770 g/mol. The molecule has 0 aliphatic heterocycles. The zero-order valence-electron chi connectivity index (χ0n) is 33.7. The van der Waals surface area contributed by atoms with E-state index in [9.17, 15) is 0 Å². The Hall–Kier alpha value is -7.16. The lowest BCUT2D eigenvalue weighted by Gasteiger charge is -2.31. The van der Waals surface area contributed by atoms with Gasteiger partial charge in [0.2, 0.25) is 0 Å². The summed E-state index contributed by atoms with van der Waals surface area (Å²) in [7, 11) is 0. The molecule has 9 aromatic carbocycles. The molecule has 1 aliphatic carbocycles. The van der Waals surface area contributed by atoms with Gasteiger partial charge < -0.3 is 9.47 Å². The van der Waals surface area contributed by atoms with E-state index in [4.69, 9.17) is 0 Å². The number of aromatic nitrogens is 1. The molecule has 0 unspecified atom stereocenters. The Balaban J connectivity index is 1.16. The Kier molecular flexibility index (Phi) is 9.32. The highest BCUT2D eigenvalue weighted by Crippen LogP contribution is 2.48. The first kappa shape index (κ1) is 36.0. The number of hydrogen-bond acceptors (Lipinski definition) is 1. The molecule has 11 rings (SSSR count). The van der Waals surface area contributed by atoms with Gasteiger partial charge in [-0.05, 0) is 94.3 Å². The van der Waals surface area contributed by atoms with Gasteiger partial charge in [-0.25, -0.2) is 0 Å². The quantitative estimate of drug-likeness (QED) is 0.149. The first-order valence-corrected chi connectivity index (χ1v) is 21.6. The van der Waals surface area contributed by atoms with Gasteiger partial charge >= 0.3 is 0 Å². The lowest BCUT2D eigenvalue weighted by molar-refractivity contribution is 0.445. The van der Waals surface area contributed by atoms with Crippen LogP contribution in [0.4, 0.5) is 17.1 Å². The molecule has 0 bridgehead atoms. The van der Waals surface area contributed by atoms with Crippen molar-refractivity contribution < 1.29 is 0 Å².